The fourth-order valence-electron chi connectivity index (χ4n) is 3.15. The summed E-state index contributed by atoms with van der Waals surface area (Å²) < 4.78 is 5.29. The van der Waals surface area contributed by atoms with Crippen molar-refractivity contribution in [2.45, 2.75) is 25.4 Å². The standard InChI is InChI=1S/C18H20N2O3/c1-23-16-7-6-15-12-20(9-3-5-13(15)10-16)17(18(21)22)14-4-2-8-19-11-14/h2,4,6-8,10-11,17H,3,5,9,12H2,1H3,(H,21,22). The molecule has 3 rings (SSSR count). The second kappa shape index (κ2) is 6.79. The molecule has 0 saturated carbocycles. The van der Waals surface area contributed by atoms with Crippen LogP contribution in [0.1, 0.15) is 29.2 Å². The van der Waals surface area contributed by atoms with Crippen molar-refractivity contribution >= 4 is 5.97 Å². The Hall–Kier alpha value is -2.40. The second-order valence-corrected chi connectivity index (χ2v) is 5.74. The molecule has 0 radical (unpaired) electrons. The van der Waals surface area contributed by atoms with Crippen molar-refractivity contribution in [2.75, 3.05) is 13.7 Å². The van der Waals surface area contributed by atoms with Crippen molar-refractivity contribution in [2.24, 2.45) is 0 Å². The minimum absolute atomic E-state index is 0.616. The van der Waals surface area contributed by atoms with Gasteiger partial charge in [-0.1, -0.05) is 12.1 Å². The average molecular weight is 312 g/mol. The topological polar surface area (TPSA) is 62.7 Å². The Morgan fingerprint density at radius 3 is 2.91 bits per heavy atom. The number of nitrogens with zero attached hydrogens (tertiary/aromatic N) is 2. The lowest BCUT2D eigenvalue weighted by Gasteiger charge is -2.27. The average Bonchev–Trinajstić information content (AvgIpc) is 2.77. The molecule has 120 valence electrons. The second-order valence-electron chi connectivity index (χ2n) is 5.74. The highest BCUT2D eigenvalue weighted by Gasteiger charge is 2.29. The van der Waals surface area contributed by atoms with Gasteiger partial charge in [0, 0.05) is 18.9 Å². The van der Waals surface area contributed by atoms with Gasteiger partial charge in [0.05, 0.1) is 7.11 Å². The number of methoxy groups -OCH3 is 1. The molecule has 2 aromatic rings. The molecule has 0 fully saturated rings. The predicted octanol–water partition coefficient (Wildman–Crippen LogP) is 2.66. The third kappa shape index (κ3) is 3.35. The van der Waals surface area contributed by atoms with Crippen LogP contribution in [-0.4, -0.2) is 34.6 Å². The Bertz CT molecular complexity index is 688. The van der Waals surface area contributed by atoms with Crippen molar-refractivity contribution in [1.29, 1.82) is 0 Å². The molecule has 23 heavy (non-hydrogen) atoms. The fraction of sp³-hybridized carbons (Fsp3) is 0.333. The van der Waals surface area contributed by atoms with Crippen molar-refractivity contribution in [1.82, 2.24) is 9.88 Å². The Morgan fingerprint density at radius 1 is 1.35 bits per heavy atom. The van der Waals surface area contributed by atoms with Gasteiger partial charge in [0.15, 0.2) is 0 Å². The van der Waals surface area contributed by atoms with E-state index in [1.165, 1.54) is 11.1 Å². The lowest BCUT2D eigenvalue weighted by molar-refractivity contribution is -0.143. The Balaban J connectivity index is 1.91. The quantitative estimate of drug-likeness (QED) is 0.940. The Kier molecular flexibility index (Phi) is 4.57. The first-order valence-corrected chi connectivity index (χ1v) is 7.71. The van der Waals surface area contributed by atoms with Crippen molar-refractivity contribution in [3.05, 3.63) is 59.4 Å². The number of aromatic nitrogens is 1. The van der Waals surface area contributed by atoms with E-state index in [1.807, 2.05) is 23.1 Å². The van der Waals surface area contributed by atoms with Crippen LogP contribution in [0.15, 0.2) is 42.7 Å². The highest BCUT2D eigenvalue weighted by atomic mass is 16.5. The largest absolute Gasteiger partial charge is 0.497 e. The van der Waals surface area contributed by atoms with Gasteiger partial charge >= 0.3 is 5.97 Å². The van der Waals surface area contributed by atoms with Gasteiger partial charge in [0.1, 0.15) is 11.8 Å². The van der Waals surface area contributed by atoms with Crippen molar-refractivity contribution < 1.29 is 14.6 Å². The molecule has 0 bridgehead atoms. The third-order valence-electron chi connectivity index (χ3n) is 4.28. The van der Waals surface area contributed by atoms with E-state index in [-0.39, 0.29) is 0 Å². The summed E-state index contributed by atoms with van der Waals surface area (Å²) in [6.07, 6.45) is 5.15. The molecule has 2 heterocycles. The minimum atomic E-state index is -0.838. The van der Waals surface area contributed by atoms with Crippen LogP contribution in [0, 0.1) is 0 Å². The molecule has 1 N–H and O–H groups in total. The zero-order valence-electron chi connectivity index (χ0n) is 13.1. The van der Waals surface area contributed by atoms with Crippen LogP contribution in [0.2, 0.25) is 0 Å². The molecule has 0 aliphatic carbocycles. The smallest absolute Gasteiger partial charge is 0.325 e. The van der Waals surface area contributed by atoms with E-state index in [4.69, 9.17) is 4.74 Å². The molecule has 1 unspecified atom stereocenters. The summed E-state index contributed by atoms with van der Waals surface area (Å²) in [6.45, 7) is 1.36. The zero-order chi connectivity index (χ0) is 16.2. The zero-order valence-corrected chi connectivity index (χ0v) is 13.1. The summed E-state index contributed by atoms with van der Waals surface area (Å²) in [5.41, 5.74) is 3.12. The molecule has 1 aromatic heterocycles. The van der Waals surface area contributed by atoms with Gasteiger partial charge in [0.25, 0.3) is 0 Å². The molecule has 5 heteroatoms. The van der Waals surface area contributed by atoms with E-state index >= 15 is 0 Å². The molecule has 0 saturated heterocycles. The van der Waals surface area contributed by atoms with E-state index in [2.05, 4.69) is 11.1 Å². The number of aliphatic carboxylic acids is 1. The van der Waals surface area contributed by atoms with Gasteiger partial charge in [-0.2, -0.15) is 0 Å². The number of rotatable bonds is 4. The highest BCUT2D eigenvalue weighted by molar-refractivity contribution is 5.75. The van der Waals surface area contributed by atoms with Gasteiger partial charge in [-0.15, -0.1) is 0 Å². The Labute approximate surface area is 135 Å². The molecular formula is C18H20N2O3. The van der Waals surface area contributed by atoms with Crippen molar-refractivity contribution in [3.8, 4) is 5.75 Å². The number of carboxylic acid groups (broad SMARTS) is 1. The van der Waals surface area contributed by atoms with Crippen LogP contribution in [0.3, 0.4) is 0 Å². The van der Waals surface area contributed by atoms with Crippen LogP contribution >= 0.6 is 0 Å². The van der Waals surface area contributed by atoms with Crippen LogP contribution in [-0.2, 0) is 17.8 Å². The summed E-state index contributed by atoms with van der Waals surface area (Å²) in [7, 11) is 1.66. The molecule has 1 aliphatic rings. The van der Waals surface area contributed by atoms with Gasteiger partial charge in [-0.3, -0.25) is 14.7 Å². The van der Waals surface area contributed by atoms with E-state index < -0.39 is 12.0 Å². The lowest BCUT2D eigenvalue weighted by Crippen LogP contribution is -2.34. The van der Waals surface area contributed by atoms with Crippen LogP contribution in [0.4, 0.5) is 0 Å². The monoisotopic (exact) mass is 312 g/mol. The maximum absolute atomic E-state index is 11.8. The number of benzene rings is 1. The van der Waals surface area contributed by atoms with Crippen LogP contribution in [0.5, 0.6) is 5.75 Å². The molecule has 0 spiro atoms. The number of hydrogen-bond donors (Lipinski definition) is 1. The van der Waals surface area contributed by atoms with Crippen LogP contribution in [0.25, 0.3) is 0 Å². The molecule has 5 nitrogen and oxygen atoms in total. The first kappa shape index (κ1) is 15.5. The summed E-state index contributed by atoms with van der Waals surface area (Å²) in [6, 6.07) is 8.96. The molecule has 0 amide bonds. The number of fused-ring (bicyclic) bond motifs is 1. The normalized spacial score (nSPS) is 16.2. The SMILES string of the molecule is COc1ccc2c(c1)CCCN(C(C(=O)O)c1cccnc1)C2. The highest BCUT2D eigenvalue weighted by Crippen LogP contribution is 2.29. The van der Waals surface area contributed by atoms with E-state index in [0.717, 1.165) is 30.7 Å². The Morgan fingerprint density at radius 2 is 2.22 bits per heavy atom. The summed E-state index contributed by atoms with van der Waals surface area (Å²) in [5.74, 6) is 0.00852. The molecule has 1 aromatic carbocycles. The maximum atomic E-state index is 11.8. The number of aryl methyl sites for hydroxylation is 1. The number of hydrogen-bond acceptors (Lipinski definition) is 4. The van der Waals surface area contributed by atoms with Gasteiger partial charge in [-0.05, 0) is 54.3 Å². The minimum Gasteiger partial charge on any atom is -0.497 e. The fourth-order valence-corrected chi connectivity index (χ4v) is 3.15. The van der Waals surface area contributed by atoms with Crippen molar-refractivity contribution in [3.63, 3.8) is 0 Å². The predicted molar refractivity (Wildman–Crippen MR) is 86.3 cm³/mol. The van der Waals surface area contributed by atoms with Crippen LogP contribution < -0.4 is 4.74 Å². The van der Waals surface area contributed by atoms with E-state index in [9.17, 15) is 9.90 Å². The van der Waals surface area contributed by atoms with E-state index in [0.29, 0.717) is 6.54 Å². The van der Waals surface area contributed by atoms with Gasteiger partial charge in [0.2, 0.25) is 0 Å². The van der Waals surface area contributed by atoms with Gasteiger partial charge < -0.3 is 9.84 Å². The van der Waals surface area contributed by atoms with E-state index in [1.54, 1.807) is 25.6 Å². The number of pyridine rings is 1. The van der Waals surface area contributed by atoms with Gasteiger partial charge in [-0.25, -0.2) is 0 Å². The first-order valence-electron chi connectivity index (χ1n) is 7.71. The number of carbonyl (C=O) groups is 1. The molecular weight excluding hydrogens is 292 g/mol. The number of carboxylic acids is 1. The third-order valence-corrected chi connectivity index (χ3v) is 4.28. The summed E-state index contributed by atoms with van der Waals surface area (Å²) in [5, 5.41) is 9.71. The first-order chi connectivity index (χ1) is 11.2. The lowest BCUT2D eigenvalue weighted by atomic mass is 10.0. The molecule has 1 atom stereocenters. The maximum Gasteiger partial charge on any atom is 0.325 e. The summed E-state index contributed by atoms with van der Waals surface area (Å²) >= 11 is 0. The molecule has 1 aliphatic heterocycles. The summed E-state index contributed by atoms with van der Waals surface area (Å²) in [4.78, 5) is 17.9. The number of ether oxygens (including phenoxy) is 1.